The largest absolute Gasteiger partial charge is 0.464 e. The van der Waals surface area contributed by atoms with Crippen LogP contribution in [0.5, 0.6) is 0 Å². The Kier molecular flexibility index (Phi) is 3.85. The first-order chi connectivity index (χ1) is 11.5. The van der Waals surface area contributed by atoms with Crippen molar-refractivity contribution < 1.29 is 14.1 Å². The number of hydrogen-bond acceptors (Lipinski definition) is 6. The van der Waals surface area contributed by atoms with Gasteiger partial charge in [-0.1, -0.05) is 33.8 Å². The number of ether oxygens (including phenoxy) is 1. The van der Waals surface area contributed by atoms with E-state index in [0.29, 0.717) is 14.9 Å². The van der Waals surface area contributed by atoms with E-state index in [-0.39, 0.29) is 11.1 Å². The molecule has 0 unspecified atom stereocenters. The van der Waals surface area contributed by atoms with E-state index in [4.69, 9.17) is 9.26 Å². The normalized spacial score (nSPS) is 28.8. The smallest absolute Gasteiger partial charge is 0.356 e. The zero-order chi connectivity index (χ0) is 16.8. The van der Waals surface area contributed by atoms with Crippen molar-refractivity contribution in [3.05, 3.63) is 29.8 Å². The minimum atomic E-state index is -0.475. The molecule has 7 heteroatoms. The third-order valence-electron chi connectivity index (χ3n) is 5.41. The van der Waals surface area contributed by atoms with Crippen LogP contribution in [0.2, 0.25) is 0 Å². The van der Waals surface area contributed by atoms with E-state index >= 15 is 0 Å². The van der Waals surface area contributed by atoms with E-state index in [2.05, 4.69) is 37.7 Å². The lowest BCUT2D eigenvalue weighted by molar-refractivity contribution is 0.0594. The molecule has 6 nitrogen and oxygen atoms in total. The molecule has 2 bridgehead atoms. The highest BCUT2D eigenvalue weighted by atomic mass is 127. The number of aromatic nitrogens is 3. The number of carbonyl (C=O) groups is 1. The molecule has 0 aromatic carbocycles. The summed E-state index contributed by atoms with van der Waals surface area (Å²) in [5.41, 5.74) is 0.793. The Balaban J connectivity index is 1.63. The maximum absolute atomic E-state index is 11.6. The van der Waals surface area contributed by atoms with E-state index in [1.54, 1.807) is 18.2 Å². The minimum Gasteiger partial charge on any atom is -0.464 e. The van der Waals surface area contributed by atoms with Gasteiger partial charge in [-0.25, -0.2) is 9.78 Å². The summed E-state index contributed by atoms with van der Waals surface area (Å²) in [6, 6.07) is 5.13. The second-order valence-electron chi connectivity index (χ2n) is 6.75. The van der Waals surface area contributed by atoms with Crippen LogP contribution < -0.4 is 0 Å². The predicted octanol–water partition coefficient (Wildman–Crippen LogP) is 3.70. The lowest BCUT2D eigenvalue weighted by atomic mass is 9.60. The molecule has 0 radical (unpaired) electrons. The standard InChI is InChI=1S/C17H18IN3O3/c1-23-14(22)12-4-2-3-11(19-12)13-20-15(24-21-13)16-5-8-17(18,9-6-16)10-7-16/h2-4H,5-10H2,1H3. The summed E-state index contributed by atoms with van der Waals surface area (Å²) in [7, 11) is 1.33. The van der Waals surface area contributed by atoms with Gasteiger partial charge in [0, 0.05) is 8.84 Å². The zero-order valence-corrected chi connectivity index (χ0v) is 15.6. The van der Waals surface area contributed by atoms with Crippen molar-refractivity contribution in [2.75, 3.05) is 7.11 Å². The molecule has 5 rings (SSSR count). The van der Waals surface area contributed by atoms with Gasteiger partial charge in [0.1, 0.15) is 11.4 Å². The molecule has 2 aromatic heterocycles. The number of nitrogens with zero attached hydrogens (tertiary/aromatic N) is 3. The molecular formula is C17H18IN3O3. The molecule has 0 N–H and O–H groups in total. The third kappa shape index (κ3) is 2.62. The van der Waals surface area contributed by atoms with Crippen LogP contribution in [0.3, 0.4) is 0 Å². The fraction of sp³-hybridized carbons (Fsp3) is 0.529. The van der Waals surface area contributed by atoms with Crippen LogP contribution in [0.1, 0.15) is 54.9 Å². The Morgan fingerprint density at radius 1 is 1.17 bits per heavy atom. The van der Waals surface area contributed by atoms with Crippen molar-refractivity contribution in [3.8, 4) is 11.5 Å². The highest BCUT2D eigenvalue weighted by molar-refractivity contribution is 14.1. The van der Waals surface area contributed by atoms with Crippen molar-refractivity contribution in [2.45, 2.75) is 47.4 Å². The zero-order valence-electron chi connectivity index (χ0n) is 13.4. The molecule has 3 aliphatic carbocycles. The van der Waals surface area contributed by atoms with Gasteiger partial charge in [0.25, 0.3) is 0 Å². The monoisotopic (exact) mass is 439 g/mol. The van der Waals surface area contributed by atoms with Gasteiger partial charge >= 0.3 is 5.97 Å². The molecular weight excluding hydrogens is 421 g/mol. The Labute approximate surface area is 153 Å². The van der Waals surface area contributed by atoms with Gasteiger partial charge in [0.2, 0.25) is 11.7 Å². The SMILES string of the molecule is COC(=O)c1cccc(-c2noc(C34CCC(I)(CC3)CC4)n2)n1. The van der Waals surface area contributed by atoms with Gasteiger partial charge in [0.15, 0.2) is 0 Å². The van der Waals surface area contributed by atoms with Crippen LogP contribution in [0.15, 0.2) is 22.7 Å². The second kappa shape index (κ2) is 5.79. The Morgan fingerprint density at radius 3 is 2.54 bits per heavy atom. The molecule has 0 spiro atoms. The highest BCUT2D eigenvalue weighted by Crippen LogP contribution is 2.56. The van der Waals surface area contributed by atoms with Gasteiger partial charge in [-0.15, -0.1) is 0 Å². The number of hydrogen-bond donors (Lipinski definition) is 0. The number of halogens is 1. The lowest BCUT2D eigenvalue weighted by Gasteiger charge is -2.48. The summed E-state index contributed by atoms with van der Waals surface area (Å²) in [4.78, 5) is 20.5. The van der Waals surface area contributed by atoms with Gasteiger partial charge in [-0.2, -0.15) is 4.98 Å². The van der Waals surface area contributed by atoms with E-state index in [1.165, 1.54) is 26.4 Å². The van der Waals surface area contributed by atoms with Gasteiger partial charge in [0.05, 0.1) is 7.11 Å². The topological polar surface area (TPSA) is 78.1 Å². The predicted molar refractivity (Wildman–Crippen MR) is 95.0 cm³/mol. The highest BCUT2D eigenvalue weighted by Gasteiger charge is 2.51. The summed E-state index contributed by atoms with van der Waals surface area (Å²) in [6.07, 6.45) is 6.94. The number of pyridine rings is 1. The molecule has 24 heavy (non-hydrogen) atoms. The van der Waals surface area contributed by atoms with Crippen LogP contribution in [-0.4, -0.2) is 31.6 Å². The second-order valence-corrected chi connectivity index (χ2v) is 9.04. The van der Waals surface area contributed by atoms with Gasteiger partial charge < -0.3 is 9.26 Å². The van der Waals surface area contributed by atoms with Crippen LogP contribution in [0, 0.1) is 0 Å². The minimum absolute atomic E-state index is 0.0259. The van der Waals surface area contributed by atoms with Gasteiger partial charge in [-0.3, -0.25) is 0 Å². The van der Waals surface area contributed by atoms with E-state index in [0.717, 1.165) is 25.2 Å². The summed E-state index contributed by atoms with van der Waals surface area (Å²) >= 11 is 2.63. The van der Waals surface area contributed by atoms with Crippen molar-refractivity contribution in [2.24, 2.45) is 0 Å². The van der Waals surface area contributed by atoms with Crippen molar-refractivity contribution in [3.63, 3.8) is 0 Å². The maximum atomic E-state index is 11.6. The molecule has 2 heterocycles. The van der Waals surface area contributed by atoms with Crippen LogP contribution in [0.4, 0.5) is 0 Å². The van der Waals surface area contributed by atoms with Crippen molar-refractivity contribution in [1.82, 2.24) is 15.1 Å². The third-order valence-corrected chi connectivity index (χ3v) is 7.03. The fourth-order valence-electron chi connectivity index (χ4n) is 3.78. The van der Waals surface area contributed by atoms with Crippen molar-refractivity contribution >= 4 is 28.6 Å². The first-order valence-electron chi connectivity index (χ1n) is 8.13. The average Bonchev–Trinajstić information content (AvgIpc) is 3.13. The first-order valence-corrected chi connectivity index (χ1v) is 9.20. The summed E-state index contributed by atoms with van der Waals surface area (Å²) in [6.45, 7) is 0. The quantitative estimate of drug-likeness (QED) is 0.413. The van der Waals surface area contributed by atoms with Crippen molar-refractivity contribution in [1.29, 1.82) is 0 Å². The molecule has 0 amide bonds. The molecule has 2 aromatic rings. The van der Waals surface area contributed by atoms with E-state index in [1.807, 2.05) is 0 Å². The van der Waals surface area contributed by atoms with Gasteiger partial charge in [-0.05, 0) is 50.7 Å². The number of alkyl halides is 1. The average molecular weight is 439 g/mol. The molecule has 126 valence electrons. The number of carbonyl (C=O) groups excluding carboxylic acids is 1. The summed E-state index contributed by atoms with van der Waals surface area (Å²) in [5, 5.41) is 4.11. The molecule has 3 saturated carbocycles. The maximum Gasteiger partial charge on any atom is 0.356 e. The Hall–Kier alpha value is -1.51. The number of esters is 1. The molecule has 3 aliphatic rings. The number of fused-ring (bicyclic) bond motifs is 3. The summed E-state index contributed by atoms with van der Waals surface area (Å²) in [5.74, 6) is 0.681. The molecule has 3 fully saturated rings. The Morgan fingerprint density at radius 2 is 1.88 bits per heavy atom. The Bertz CT molecular complexity index is 764. The molecule has 0 aliphatic heterocycles. The summed E-state index contributed by atoms with van der Waals surface area (Å²) < 4.78 is 10.8. The lowest BCUT2D eigenvalue weighted by Crippen LogP contribution is -2.44. The van der Waals surface area contributed by atoms with E-state index in [9.17, 15) is 4.79 Å². The number of methoxy groups -OCH3 is 1. The first kappa shape index (κ1) is 16.0. The molecule has 0 saturated heterocycles. The van der Waals surface area contributed by atoms with Crippen LogP contribution >= 0.6 is 22.6 Å². The fourth-order valence-corrected chi connectivity index (χ4v) is 4.59. The van der Waals surface area contributed by atoms with Crippen LogP contribution in [-0.2, 0) is 10.2 Å². The van der Waals surface area contributed by atoms with Crippen LogP contribution in [0.25, 0.3) is 11.5 Å². The molecule has 0 atom stereocenters. The number of rotatable bonds is 3. The van der Waals surface area contributed by atoms with E-state index < -0.39 is 5.97 Å².